The van der Waals surface area contributed by atoms with Crippen LogP contribution in [0.15, 0.2) is 18.2 Å². The Bertz CT molecular complexity index is 403. The molecule has 0 amide bonds. The zero-order valence-corrected chi connectivity index (χ0v) is 12.1. The molecule has 0 saturated heterocycles. The fourth-order valence-corrected chi connectivity index (χ4v) is 2.95. The van der Waals surface area contributed by atoms with E-state index in [1.165, 1.54) is 6.42 Å². The van der Waals surface area contributed by atoms with Crippen LogP contribution in [0.3, 0.4) is 0 Å². The molecule has 1 aliphatic carbocycles. The van der Waals surface area contributed by atoms with Gasteiger partial charge in [-0.2, -0.15) is 0 Å². The van der Waals surface area contributed by atoms with E-state index in [1.54, 1.807) is 19.2 Å². The molecule has 1 N–H and O–H groups in total. The van der Waals surface area contributed by atoms with Crippen LogP contribution in [0, 0.1) is 12.7 Å². The molecule has 1 atom stereocenters. The smallest absolute Gasteiger partial charge is 0.123 e. The second kappa shape index (κ2) is 6.02. The number of rotatable bonds is 6. The predicted molar refractivity (Wildman–Crippen MR) is 75.8 cm³/mol. The van der Waals surface area contributed by atoms with Crippen molar-refractivity contribution in [3.05, 3.63) is 35.1 Å². The van der Waals surface area contributed by atoms with E-state index in [0.717, 1.165) is 36.9 Å². The first kappa shape index (κ1) is 14.5. The highest BCUT2D eigenvalue weighted by Crippen LogP contribution is 2.42. The Balaban J connectivity index is 2.19. The quantitative estimate of drug-likeness (QED) is 0.846. The van der Waals surface area contributed by atoms with Crippen molar-refractivity contribution < 1.29 is 9.13 Å². The van der Waals surface area contributed by atoms with Crippen molar-refractivity contribution in [3.8, 4) is 0 Å². The Labute approximate surface area is 115 Å². The van der Waals surface area contributed by atoms with Crippen LogP contribution in [0.4, 0.5) is 4.39 Å². The van der Waals surface area contributed by atoms with Crippen molar-refractivity contribution >= 4 is 0 Å². The summed E-state index contributed by atoms with van der Waals surface area (Å²) < 4.78 is 19.3. The molecule has 19 heavy (non-hydrogen) atoms. The molecule has 0 heterocycles. The third-order valence-corrected chi connectivity index (χ3v) is 4.19. The van der Waals surface area contributed by atoms with Gasteiger partial charge in [-0.15, -0.1) is 0 Å². The molecule has 1 unspecified atom stereocenters. The largest absolute Gasteiger partial charge is 0.378 e. The zero-order valence-electron chi connectivity index (χ0n) is 12.1. The van der Waals surface area contributed by atoms with Crippen molar-refractivity contribution in [2.75, 3.05) is 13.7 Å². The standard InChI is InChI=1S/C16H24FNO/c1-4-18-15(11-16(19-3)6-5-7-16)13-8-12(2)9-14(17)10-13/h8-10,15,18H,4-7,11H2,1-3H3. The summed E-state index contributed by atoms with van der Waals surface area (Å²) in [7, 11) is 1.79. The highest BCUT2D eigenvalue weighted by Gasteiger charge is 2.39. The molecule has 0 bridgehead atoms. The van der Waals surface area contributed by atoms with E-state index in [0.29, 0.717) is 0 Å². The average Bonchev–Trinajstić information content (AvgIpc) is 2.31. The number of ether oxygens (including phenoxy) is 1. The molecular weight excluding hydrogens is 241 g/mol. The minimum absolute atomic E-state index is 0.00689. The number of nitrogens with one attached hydrogen (secondary N) is 1. The summed E-state index contributed by atoms with van der Waals surface area (Å²) in [6.45, 7) is 4.89. The maximum absolute atomic E-state index is 13.6. The molecule has 3 heteroatoms. The second-order valence-electron chi connectivity index (χ2n) is 5.62. The fraction of sp³-hybridized carbons (Fsp3) is 0.625. The summed E-state index contributed by atoms with van der Waals surface area (Å²) in [5.74, 6) is -0.155. The van der Waals surface area contributed by atoms with Gasteiger partial charge in [0.05, 0.1) is 5.60 Å². The molecule has 0 aromatic heterocycles. The van der Waals surface area contributed by atoms with Crippen molar-refractivity contribution in [1.29, 1.82) is 0 Å². The maximum Gasteiger partial charge on any atom is 0.123 e. The lowest BCUT2D eigenvalue weighted by Crippen LogP contribution is -2.42. The molecule has 2 nitrogen and oxygen atoms in total. The number of halogens is 1. The van der Waals surface area contributed by atoms with Gasteiger partial charge < -0.3 is 10.1 Å². The number of hydrogen-bond acceptors (Lipinski definition) is 2. The topological polar surface area (TPSA) is 21.3 Å². The fourth-order valence-electron chi connectivity index (χ4n) is 2.95. The number of aryl methyl sites for hydroxylation is 1. The van der Waals surface area contributed by atoms with Crippen molar-refractivity contribution in [1.82, 2.24) is 5.32 Å². The van der Waals surface area contributed by atoms with Crippen LogP contribution < -0.4 is 5.32 Å². The summed E-state index contributed by atoms with van der Waals surface area (Å²) in [6, 6.07) is 5.45. The van der Waals surface area contributed by atoms with Crippen LogP contribution in [-0.4, -0.2) is 19.3 Å². The van der Waals surface area contributed by atoms with Gasteiger partial charge >= 0.3 is 0 Å². The summed E-state index contributed by atoms with van der Waals surface area (Å²) in [6.07, 6.45) is 4.37. The first-order chi connectivity index (χ1) is 9.08. The Hall–Kier alpha value is -0.930. The molecule has 1 fully saturated rings. The van der Waals surface area contributed by atoms with Gasteiger partial charge in [-0.3, -0.25) is 0 Å². The lowest BCUT2D eigenvalue weighted by atomic mass is 9.74. The lowest BCUT2D eigenvalue weighted by molar-refractivity contribution is -0.0837. The SMILES string of the molecule is CCNC(CC1(OC)CCC1)c1cc(C)cc(F)c1. The third kappa shape index (κ3) is 3.34. The van der Waals surface area contributed by atoms with Gasteiger partial charge in [0.15, 0.2) is 0 Å². The Kier molecular flexibility index (Phi) is 4.58. The summed E-state index contributed by atoms with van der Waals surface area (Å²) >= 11 is 0. The van der Waals surface area contributed by atoms with E-state index in [2.05, 4.69) is 18.3 Å². The van der Waals surface area contributed by atoms with Crippen LogP contribution in [0.1, 0.15) is 49.8 Å². The summed E-state index contributed by atoms with van der Waals surface area (Å²) in [4.78, 5) is 0. The molecule has 106 valence electrons. The van der Waals surface area contributed by atoms with Crippen LogP contribution in [-0.2, 0) is 4.74 Å². The monoisotopic (exact) mass is 265 g/mol. The van der Waals surface area contributed by atoms with Crippen molar-refractivity contribution in [2.45, 2.75) is 51.2 Å². The van der Waals surface area contributed by atoms with Gasteiger partial charge in [0.1, 0.15) is 5.82 Å². The van der Waals surface area contributed by atoms with Gasteiger partial charge in [0, 0.05) is 13.2 Å². The molecule has 0 spiro atoms. The first-order valence-electron chi connectivity index (χ1n) is 7.14. The van der Waals surface area contributed by atoms with E-state index >= 15 is 0 Å². The van der Waals surface area contributed by atoms with Crippen LogP contribution in [0.5, 0.6) is 0 Å². The van der Waals surface area contributed by atoms with E-state index in [1.807, 2.05) is 6.92 Å². The maximum atomic E-state index is 13.6. The molecule has 1 aromatic rings. The van der Waals surface area contributed by atoms with Crippen molar-refractivity contribution in [3.63, 3.8) is 0 Å². The van der Waals surface area contributed by atoms with Crippen LogP contribution in [0.2, 0.25) is 0 Å². The number of methoxy groups -OCH3 is 1. The normalized spacial score (nSPS) is 18.9. The zero-order chi connectivity index (χ0) is 13.9. The molecule has 1 saturated carbocycles. The Morgan fingerprint density at radius 3 is 2.58 bits per heavy atom. The Morgan fingerprint density at radius 1 is 1.37 bits per heavy atom. The molecule has 0 radical (unpaired) electrons. The molecule has 1 aromatic carbocycles. The minimum atomic E-state index is -0.155. The summed E-state index contributed by atoms with van der Waals surface area (Å²) in [5.41, 5.74) is 1.99. The van der Waals surface area contributed by atoms with Crippen molar-refractivity contribution in [2.24, 2.45) is 0 Å². The van der Waals surface area contributed by atoms with Gasteiger partial charge in [0.25, 0.3) is 0 Å². The average molecular weight is 265 g/mol. The molecule has 0 aliphatic heterocycles. The van der Waals surface area contributed by atoms with Gasteiger partial charge in [-0.1, -0.05) is 13.0 Å². The van der Waals surface area contributed by atoms with E-state index < -0.39 is 0 Å². The van der Waals surface area contributed by atoms with Gasteiger partial charge in [0.2, 0.25) is 0 Å². The Morgan fingerprint density at radius 2 is 2.11 bits per heavy atom. The highest BCUT2D eigenvalue weighted by molar-refractivity contribution is 5.27. The van der Waals surface area contributed by atoms with E-state index in [4.69, 9.17) is 4.74 Å². The highest BCUT2D eigenvalue weighted by atomic mass is 19.1. The predicted octanol–water partition coefficient (Wildman–Crippen LogP) is 3.74. The van der Waals surface area contributed by atoms with E-state index in [-0.39, 0.29) is 17.5 Å². The lowest BCUT2D eigenvalue weighted by Gasteiger charge is -2.43. The molecule has 2 rings (SSSR count). The third-order valence-electron chi connectivity index (χ3n) is 4.19. The molecular formula is C16H24FNO. The summed E-state index contributed by atoms with van der Waals surface area (Å²) in [5, 5.41) is 3.46. The second-order valence-corrected chi connectivity index (χ2v) is 5.62. The number of hydrogen-bond donors (Lipinski definition) is 1. The van der Waals surface area contributed by atoms with E-state index in [9.17, 15) is 4.39 Å². The number of benzene rings is 1. The van der Waals surface area contributed by atoms with Gasteiger partial charge in [-0.25, -0.2) is 4.39 Å². The molecule has 1 aliphatic rings. The van der Waals surface area contributed by atoms with Crippen LogP contribution in [0.25, 0.3) is 0 Å². The first-order valence-corrected chi connectivity index (χ1v) is 7.14. The van der Waals surface area contributed by atoms with Gasteiger partial charge in [-0.05, 0) is 62.4 Å². The minimum Gasteiger partial charge on any atom is -0.378 e. The van der Waals surface area contributed by atoms with Crippen LogP contribution >= 0.6 is 0 Å².